The van der Waals surface area contributed by atoms with Gasteiger partial charge in [0.05, 0.1) is 31.1 Å². The summed E-state index contributed by atoms with van der Waals surface area (Å²) in [6.07, 6.45) is 1.60. The molecule has 0 N–H and O–H groups in total. The predicted octanol–water partition coefficient (Wildman–Crippen LogP) is 1.04. The summed E-state index contributed by atoms with van der Waals surface area (Å²) in [5.41, 5.74) is 0.633. The molecule has 0 bridgehead atoms. The predicted molar refractivity (Wildman–Crippen MR) is 89.0 cm³/mol. The summed E-state index contributed by atoms with van der Waals surface area (Å²) >= 11 is 6.13. The lowest BCUT2D eigenvalue weighted by atomic mass is 10.1. The van der Waals surface area contributed by atoms with Crippen molar-refractivity contribution in [3.8, 4) is 11.5 Å². The summed E-state index contributed by atoms with van der Waals surface area (Å²) in [4.78, 5) is 24.8. The Morgan fingerprint density at radius 1 is 1.39 bits per heavy atom. The van der Waals surface area contributed by atoms with Gasteiger partial charge < -0.3 is 19.4 Å². The highest BCUT2D eigenvalue weighted by molar-refractivity contribution is 8.26. The summed E-state index contributed by atoms with van der Waals surface area (Å²) in [6, 6.07) is 4.04. The molecule has 122 valence electrons. The number of hydrogen-bond acceptors (Lipinski definition) is 7. The third-order valence-electron chi connectivity index (χ3n) is 3.28. The van der Waals surface area contributed by atoms with E-state index in [0.717, 1.165) is 16.7 Å². The SMILES string of the molecule is COc1ccc(OC)c(/C=C2\SC(=S)N([C@H](C)C(=O)[O-])C2=O)c1. The standard InChI is InChI=1S/C15H15NO5S2/c1-8(14(18)19)16-13(17)12(23-15(16)22)7-9-6-10(20-2)4-5-11(9)21-3/h4-8H,1-3H3,(H,18,19)/p-1/b12-7-/t8-/m1/s1. The van der Waals surface area contributed by atoms with Crippen LogP contribution in [0.3, 0.4) is 0 Å². The van der Waals surface area contributed by atoms with Crippen LogP contribution in [0.5, 0.6) is 11.5 Å². The largest absolute Gasteiger partial charge is 0.548 e. The van der Waals surface area contributed by atoms with E-state index >= 15 is 0 Å². The smallest absolute Gasteiger partial charge is 0.266 e. The fourth-order valence-electron chi connectivity index (χ4n) is 2.01. The van der Waals surface area contributed by atoms with Crippen LogP contribution in [0.15, 0.2) is 23.1 Å². The van der Waals surface area contributed by atoms with Crippen molar-refractivity contribution in [3.63, 3.8) is 0 Å². The van der Waals surface area contributed by atoms with Crippen molar-refractivity contribution in [2.24, 2.45) is 0 Å². The maximum absolute atomic E-state index is 12.4. The molecule has 1 aliphatic heterocycles. The Balaban J connectivity index is 2.39. The Kier molecular flexibility index (Phi) is 5.27. The van der Waals surface area contributed by atoms with Gasteiger partial charge in [-0.05, 0) is 31.2 Å². The molecule has 0 aromatic heterocycles. The lowest BCUT2D eigenvalue weighted by molar-refractivity contribution is -0.309. The molecule has 6 nitrogen and oxygen atoms in total. The minimum absolute atomic E-state index is 0.180. The van der Waals surface area contributed by atoms with Gasteiger partial charge >= 0.3 is 0 Å². The first-order valence-corrected chi connectivity index (χ1v) is 7.81. The number of hydrogen-bond donors (Lipinski definition) is 0. The van der Waals surface area contributed by atoms with E-state index in [0.29, 0.717) is 22.0 Å². The van der Waals surface area contributed by atoms with E-state index in [9.17, 15) is 14.7 Å². The zero-order chi connectivity index (χ0) is 17.1. The molecule has 0 saturated carbocycles. The van der Waals surface area contributed by atoms with Crippen LogP contribution < -0.4 is 14.6 Å². The minimum atomic E-state index is -1.36. The topological polar surface area (TPSA) is 78.9 Å². The molecule has 1 atom stereocenters. The summed E-state index contributed by atoms with van der Waals surface area (Å²) in [7, 11) is 3.05. The zero-order valence-electron chi connectivity index (χ0n) is 12.7. The number of thioether (sulfide) groups is 1. The number of carboxylic acids is 1. The summed E-state index contributed by atoms with van der Waals surface area (Å²) < 4.78 is 10.6. The van der Waals surface area contributed by atoms with E-state index in [1.807, 2.05) is 0 Å². The van der Waals surface area contributed by atoms with Crippen molar-refractivity contribution in [1.29, 1.82) is 0 Å². The van der Waals surface area contributed by atoms with Gasteiger partial charge in [0.15, 0.2) is 0 Å². The molecular formula is C15H14NO5S2-. The highest BCUT2D eigenvalue weighted by atomic mass is 32.2. The highest BCUT2D eigenvalue weighted by Gasteiger charge is 2.36. The number of aliphatic carboxylic acids is 1. The second kappa shape index (κ2) is 7.01. The number of nitrogens with zero attached hydrogens (tertiary/aromatic N) is 1. The van der Waals surface area contributed by atoms with Gasteiger partial charge in [-0.25, -0.2) is 0 Å². The Labute approximate surface area is 143 Å². The molecule has 8 heteroatoms. The monoisotopic (exact) mass is 352 g/mol. The van der Waals surface area contributed by atoms with Crippen LogP contribution in [0, 0.1) is 0 Å². The van der Waals surface area contributed by atoms with Crippen LogP contribution in [-0.2, 0) is 9.59 Å². The number of carbonyl (C=O) groups is 2. The quantitative estimate of drug-likeness (QED) is 0.579. The molecule has 0 unspecified atom stereocenters. The number of ether oxygens (including phenoxy) is 2. The fraction of sp³-hybridized carbons (Fsp3) is 0.267. The van der Waals surface area contributed by atoms with E-state index in [4.69, 9.17) is 21.7 Å². The number of carbonyl (C=O) groups excluding carboxylic acids is 2. The summed E-state index contributed by atoms with van der Waals surface area (Å²) in [6.45, 7) is 1.36. The lowest BCUT2D eigenvalue weighted by Crippen LogP contribution is -2.48. The van der Waals surface area contributed by atoms with Gasteiger partial charge in [-0.15, -0.1) is 0 Å². The molecule has 0 spiro atoms. The van der Waals surface area contributed by atoms with Gasteiger partial charge in [0.1, 0.15) is 15.8 Å². The number of benzene rings is 1. The van der Waals surface area contributed by atoms with Crippen LogP contribution in [0.1, 0.15) is 12.5 Å². The third-order valence-corrected chi connectivity index (χ3v) is 4.61. The highest BCUT2D eigenvalue weighted by Crippen LogP contribution is 2.36. The molecule has 0 radical (unpaired) electrons. The van der Waals surface area contributed by atoms with E-state index in [2.05, 4.69) is 0 Å². The average Bonchev–Trinajstić information content (AvgIpc) is 2.80. The summed E-state index contributed by atoms with van der Waals surface area (Å²) in [5, 5.41) is 11.0. The summed E-state index contributed by atoms with van der Waals surface area (Å²) in [5.74, 6) is -0.664. The lowest BCUT2D eigenvalue weighted by Gasteiger charge is -2.23. The first-order chi connectivity index (χ1) is 10.9. The molecule has 1 amide bonds. The Morgan fingerprint density at radius 2 is 2.09 bits per heavy atom. The van der Waals surface area contributed by atoms with Gasteiger partial charge in [0.25, 0.3) is 5.91 Å². The maximum Gasteiger partial charge on any atom is 0.266 e. The molecule has 1 fully saturated rings. The second-order valence-electron chi connectivity index (χ2n) is 4.65. The van der Waals surface area contributed by atoms with Crippen LogP contribution in [-0.4, -0.2) is 41.4 Å². The van der Waals surface area contributed by atoms with Crippen LogP contribution in [0.2, 0.25) is 0 Å². The molecule has 2 rings (SSSR count). The van der Waals surface area contributed by atoms with Crippen molar-refractivity contribution in [2.45, 2.75) is 13.0 Å². The van der Waals surface area contributed by atoms with E-state index in [1.54, 1.807) is 24.3 Å². The molecule has 23 heavy (non-hydrogen) atoms. The molecule has 1 aromatic rings. The van der Waals surface area contributed by atoms with Crippen molar-refractivity contribution in [2.75, 3.05) is 14.2 Å². The fourth-order valence-corrected chi connectivity index (χ4v) is 3.42. The van der Waals surface area contributed by atoms with Gasteiger partial charge in [-0.1, -0.05) is 24.0 Å². The second-order valence-corrected chi connectivity index (χ2v) is 6.33. The van der Waals surface area contributed by atoms with Gasteiger partial charge in [-0.3, -0.25) is 9.69 Å². The first-order valence-electron chi connectivity index (χ1n) is 6.59. The molecule has 0 aliphatic carbocycles. The maximum atomic E-state index is 12.4. The van der Waals surface area contributed by atoms with E-state index in [1.165, 1.54) is 21.1 Å². The van der Waals surface area contributed by atoms with Crippen LogP contribution in [0.25, 0.3) is 6.08 Å². The number of carboxylic acid groups (broad SMARTS) is 1. The van der Waals surface area contributed by atoms with E-state index in [-0.39, 0.29) is 4.32 Å². The van der Waals surface area contributed by atoms with Gasteiger partial charge in [0, 0.05) is 5.56 Å². The van der Waals surface area contributed by atoms with E-state index < -0.39 is 17.9 Å². The molecule has 1 aliphatic rings. The molecule has 1 aromatic carbocycles. The number of rotatable bonds is 5. The first kappa shape index (κ1) is 17.3. The van der Waals surface area contributed by atoms with Crippen molar-refractivity contribution >= 4 is 46.3 Å². The number of amides is 1. The van der Waals surface area contributed by atoms with Gasteiger partial charge in [-0.2, -0.15) is 0 Å². The Hall–Kier alpha value is -2.06. The molecule has 1 heterocycles. The van der Waals surface area contributed by atoms with Crippen molar-refractivity contribution in [3.05, 3.63) is 28.7 Å². The van der Waals surface area contributed by atoms with Crippen LogP contribution in [0.4, 0.5) is 0 Å². The average molecular weight is 352 g/mol. The Morgan fingerprint density at radius 3 is 2.65 bits per heavy atom. The van der Waals surface area contributed by atoms with Crippen molar-refractivity contribution < 1.29 is 24.2 Å². The van der Waals surface area contributed by atoms with Crippen LogP contribution >= 0.6 is 24.0 Å². The number of thiocarbonyl (C=S) groups is 1. The minimum Gasteiger partial charge on any atom is -0.548 e. The zero-order valence-corrected chi connectivity index (χ0v) is 14.3. The third kappa shape index (κ3) is 3.48. The normalized spacial score (nSPS) is 17.5. The van der Waals surface area contributed by atoms with Gasteiger partial charge in [0.2, 0.25) is 0 Å². The molecule has 1 saturated heterocycles. The molecular weight excluding hydrogens is 338 g/mol. The number of methoxy groups -OCH3 is 2. The Bertz CT molecular complexity index is 701. The van der Waals surface area contributed by atoms with Crippen molar-refractivity contribution in [1.82, 2.24) is 4.90 Å².